The number of nitrogens with zero attached hydrogens (tertiary/aromatic N) is 9. The molecule has 11 nitrogen and oxygen atoms in total. The first-order valence-electron chi connectivity index (χ1n) is 14.3. The molecule has 4 aromatic rings. The van der Waals surface area contributed by atoms with Crippen molar-refractivity contribution in [3.05, 3.63) is 46.4 Å². The summed E-state index contributed by atoms with van der Waals surface area (Å²) in [6.07, 6.45) is 8.88. The lowest BCUT2D eigenvalue weighted by molar-refractivity contribution is -0.0390. The van der Waals surface area contributed by atoms with Crippen LogP contribution in [0.1, 0.15) is 76.5 Å². The molecule has 2 unspecified atom stereocenters. The van der Waals surface area contributed by atoms with Crippen LogP contribution in [0.3, 0.4) is 0 Å². The van der Waals surface area contributed by atoms with Gasteiger partial charge in [0.1, 0.15) is 6.23 Å². The van der Waals surface area contributed by atoms with Crippen molar-refractivity contribution in [1.82, 2.24) is 38.8 Å². The van der Waals surface area contributed by atoms with E-state index in [4.69, 9.17) is 14.8 Å². The third-order valence-electron chi connectivity index (χ3n) is 8.57. The molecule has 208 valence electrons. The van der Waals surface area contributed by atoms with E-state index in [0.717, 1.165) is 79.9 Å². The van der Waals surface area contributed by atoms with Crippen molar-refractivity contribution >= 4 is 22.5 Å². The Morgan fingerprint density at radius 1 is 1.10 bits per heavy atom. The van der Waals surface area contributed by atoms with Crippen LogP contribution in [0.15, 0.2) is 29.3 Å². The predicted octanol–water partition coefficient (Wildman–Crippen LogP) is 3.62. The van der Waals surface area contributed by atoms with Crippen LogP contribution < -0.4 is 10.6 Å². The van der Waals surface area contributed by atoms with E-state index in [-0.39, 0.29) is 30.0 Å². The van der Waals surface area contributed by atoms with Crippen LogP contribution in [0.5, 0.6) is 0 Å². The van der Waals surface area contributed by atoms with Crippen molar-refractivity contribution in [2.75, 3.05) is 24.6 Å². The van der Waals surface area contributed by atoms with Crippen molar-refractivity contribution in [2.24, 2.45) is 7.05 Å². The Hall–Kier alpha value is -3.31. The highest BCUT2D eigenvalue weighted by Crippen LogP contribution is 2.34. The van der Waals surface area contributed by atoms with Crippen LogP contribution >= 0.6 is 0 Å². The summed E-state index contributed by atoms with van der Waals surface area (Å²) in [4.78, 5) is 27.5. The van der Waals surface area contributed by atoms with Crippen molar-refractivity contribution in [3.63, 3.8) is 0 Å². The van der Waals surface area contributed by atoms with Crippen molar-refractivity contribution in [3.8, 4) is 0 Å². The summed E-state index contributed by atoms with van der Waals surface area (Å²) in [6.45, 7) is 11.0. The van der Waals surface area contributed by atoms with Crippen LogP contribution in [-0.2, 0) is 11.8 Å². The van der Waals surface area contributed by atoms with Gasteiger partial charge < -0.3 is 9.64 Å². The van der Waals surface area contributed by atoms with Gasteiger partial charge in [0.05, 0.1) is 23.1 Å². The van der Waals surface area contributed by atoms with Crippen LogP contribution in [0.2, 0.25) is 0 Å². The third-order valence-corrected chi connectivity index (χ3v) is 8.57. The summed E-state index contributed by atoms with van der Waals surface area (Å²) in [5, 5.41) is 9.44. The molecule has 39 heavy (non-hydrogen) atoms. The minimum absolute atomic E-state index is 0.0958. The number of fused-ring (bicyclic) bond motifs is 2. The number of hydrogen-bond donors (Lipinski definition) is 0. The maximum atomic E-state index is 13.0. The molecule has 0 aliphatic carbocycles. The van der Waals surface area contributed by atoms with E-state index in [1.54, 1.807) is 11.6 Å². The normalized spacial score (nSPS) is 23.6. The highest BCUT2D eigenvalue weighted by atomic mass is 16.5. The Kier molecular flexibility index (Phi) is 6.88. The standard InChI is InChI=1S/C28H39N9O2/c1-6-20-16-35(21(7-2)15-34(20)19(4)22-11-12-36-24(29-22)14-18(3)31-36)27-26-23(33(5)28(38)30-27)17-37(32-26)25-10-8-9-13-39-25/h11-12,14,17,19-21,25H,6-10,13,15-16H2,1-5H3/t19?,20-,21+,25?/m1/s1. The van der Waals surface area contributed by atoms with Crippen molar-refractivity contribution in [2.45, 2.75) is 84.2 Å². The lowest BCUT2D eigenvalue weighted by Crippen LogP contribution is -2.59. The molecule has 2 fully saturated rings. The molecular weight excluding hydrogens is 494 g/mol. The molecule has 0 radical (unpaired) electrons. The minimum Gasteiger partial charge on any atom is -0.357 e. The fourth-order valence-corrected chi connectivity index (χ4v) is 6.22. The second kappa shape index (κ2) is 10.3. The van der Waals surface area contributed by atoms with E-state index in [1.807, 2.05) is 34.6 Å². The summed E-state index contributed by atoms with van der Waals surface area (Å²) < 4.78 is 11.3. The average molecular weight is 534 g/mol. The molecule has 4 atom stereocenters. The fraction of sp³-hybridized carbons (Fsp3) is 0.607. The van der Waals surface area contributed by atoms with Crippen LogP contribution in [0, 0.1) is 6.92 Å². The maximum absolute atomic E-state index is 13.0. The molecule has 2 saturated heterocycles. The largest absolute Gasteiger partial charge is 0.357 e. The lowest BCUT2D eigenvalue weighted by atomic mass is 9.99. The Bertz CT molecular complexity index is 1530. The lowest BCUT2D eigenvalue weighted by Gasteiger charge is -2.48. The molecule has 0 amide bonds. The second-order valence-corrected chi connectivity index (χ2v) is 11.0. The number of rotatable bonds is 6. The highest BCUT2D eigenvalue weighted by molar-refractivity contribution is 5.85. The molecule has 2 aliphatic rings. The molecule has 6 rings (SSSR count). The first-order chi connectivity index (χ1) is 18.9. The van der Waals surface area contributed by atoms with Crippen LogP contribution in [0.25, 0.3) is 16.7 Å². The molecular formula is C28H39N9O2. The van der Waals surface area contributed by atoms with Gasteiger partial charge in [-0.15, -0.1) is 0 Å². The number of anilines is 1. The predicted molar refractivity (Wildman–Crippen MR) is 150 cm³/mol. The van der Waals surface area contributed by atoms with E-state index in [9.17, 15) is 4.79 Å². The Morgan fingerprint density at radius 3 is 2.67 bits per heavy atom. The summed E-state index contributed by atoms with van der Waals surface area (Å²) in [5.41, 5.74) is 4.19. The van der Waals surface area contributed by atoms with E-state index in [1.165, 1.54) is 0 Å². The van der Waals surface area contributed by atoms with Gasteiger partial charge in [0.2, 0.25) is 0 Å². The van der Waals surface area contributed by atoms with E-state index < -0.39 is 0 Å². The van der Waals surface area contributed by atoms with Gasteiger partial charge in [-0.1, -0.05) is 13.8 Å². The van der Waals surface area contributed by atoms with Gasteiger partial charge in [-0.25, -0.2) is 19.0 Å². The molecule has 0 aromatic carbocycles. The summed E-state index contributed by atoms with van der Waals surface area (Å²) in [6, 6.07) is 4.71. The van der Waals surface area contributed by atoms with Crippen molar-refractivity contribution < 1.29 is 4.74 Å². The van der Waals surface area contributed by atoms with Gasteiger partial charge >= 0.3 is 5.69 Å². The SMILES string of the molecule is CC[C@H]1CN(C(C)c2ccn3nc(C)cc3n2)[C@H](CC)CN1c1nc(=O)n(C)c2cn(C3CCCCO3)nc12. The van der Waals surface area contributed by atoms with E-state index in [2.05, 4.69) is 46.7 Å². The number of ether oxygens (including phenoxy) is 1. The van der Waals surface area contributed by atoms with Crippen LogP contribution in [0.4, 0.5) is 5.82 Å². The smallest absolute Gasteiger partial charge is 0.349 e. The summed E-state index contributed by atoms with van der Waals surface area (Å²) >= 11 is 0. The zero-order valence-electron chi connectivity index (χ0n) is 23.6. The molecule has 0 spiro atoms. The monoisotopic (exact) mass is 533 g/mol. The molecule has 0 N–H and O–H groups in total. The Labute approximate surface area is 228 Å². The second-order valence-electron chi connectivity index (χ2n) is 11.0. The number of aryl methyl sites for hydroxylation is 2. The molecule has 0 saturated carbocycles. The Morgan fingerprint density at radius 2 is 1.92 bits per heavy atom. The molecule has 0 bridgehead atoms. The average Bonchev–Trinajstić information content (AvgIpc) is 3.57. The topological polar surface area (TPSA) is 98.6 Å². The zero-order valence-corrected chi connectivity index (χ0v) is 23.6. The zero-order chi connectivity index (χ0) is 27.3. The van der Waals surface area contributed by atoms with Gasteiger partial charge in [0, 0.05) is 57.1 Å². The molecule has 6 heterocycles. The fourth-order valence-electron chi connectivity index (χ4n) is 6.22. The number of piperazine rings is 1. The first-order valence-corrected chi connectivity index (χ1v) is 14.3. The van der Waals surface area contributed by atoms with Gasteiger partial charge in [0.15, 0.2) is 17.0 Å². The minimum atomic E-state index is -0.256. The van der Waals surface area contributed by atoms with Gasteiger partial charge in [-0.2, -0.15) is 15.2 Å². The highest BCUT2D eigenvalue weighted by Gasteiger charge is 2.37. The van der Waals surface area contributed by atoms with Crippen molar-refractivity contribution in [1.29, 1.82) is 0 Å². The Balaban J connectivity index is 1.34. The quantitative estimate of drug-likeness (QED) is 0.371. The summed E-state index contributed by atoms with van der Waals surface area (Å²) in [7, 11) is 1.77. The maximum Gasteiger partial charge on any atom is 0.349 e. The summed E-state index contributed by atoms with van der Waals surface area (Å²) in [5.74, 6) is 0.689. The van der Waals surface area contributed by atoms with E-state index in [0.29, 0.717) is 5.82 Å². The molecule has 11 heteroatoms. The molecule has 2 aliphatic heterocycles. The first kappa shape index (κ1) is 25.9. The van der Waals surface area contributed by atoms with Gasteiger partial charge in [-0.3, -0.25) is 9.47 Å². The third kappa shape index (κ3) is 4.61. The van der Waals surface area contributed by atoms with E-state index >= 15 is 0 Å². The molecule has 4 aromatic heterocycles. The van der Waals surface area contributed by atoms with Gasteiger partial charge in [0.25, 0.3) is 0 Å². The van der Waals surface area contributed by atoms with Gasteiger partial charge in [-0.05, 0) is 52.0 Å². The number of aromatic nitrogens is 7. The number of hydrogen-bond acceptors (Lipinski definition) is 8. The van der Waals surface area contributed by atoms with Crippen LogP contribution in [-0.4, -0.2) is 70.6 Å².